The molecule has 1 aromatic rings. The number of hydrogen-bond acceptors (Lipinski definition) is 4. The van der Waals surface area contributed by atoms with E-state index in [0.717, 1.165) is 5.69 Å². The Hall–Kier alpha value is -1.50. The Morgan fingerprint density at radius 1 is 1.45 bits per heavy atom. The fourth-order valence-electron chi connectivity index (χ4n) is 1.76. The highest BCUT2D eigenvalue weighted by atomic mass is 32.2. The summed E-state index contributed by atoms with van der Waals surface area (Å²) >= 11 is 1.19. The lowest BCUT2D eigenvalue weighted by molar-refractivity contribution is -0.133. The molecule has 7 heteroatoms. The Bertz CT molecular complexity index is 492. The van der Waals surface area contributed by atoms with Crippen LogP contribution in [0.15, 0.2) is 11.4 Å². The first-order chi connectivity index (χ1) is 9.21. The van der Waals surface area contributed by atoms with Gasteiger partial charge in [0.2, 0.25) is 5.91 Å². The van der Waals surface area contributed by atoms with Gasteiger partial charge in [0.15, 0.2) is 5.16 Å². The van der Waals surface area contributed by atoms with Crippen LogP contribution in [0.25, 0.3) is 0 Å². The Balaban J connectivity index is 2.90. The van der Waals surface area contributed by atoms with Crippen molar-refractivity contribution in [3.8, 4) is 0 Å². The van der Waals surface area contributed by atoms with Gasteiger partial charge < -0.3 is 15.0 Å². The van der Waals surface area contributed by atoms with Crippen LogP contribution >= 0.6 is 11.8 Å². The largest absolute Gasteiger partial charge is 0.481 e. The van der Waals surface area contributed by atoms with Crippen LogP contribution in [-0.4, -0.2) is 38.8 Å². The molecular formula is C13H21N3O3S. The quantitative estimate of drug-likeness (QED) is 0.778. The van der Waals surface area contributed by atoms with Crippen LogP contribution < -0.4 is 5.32 Å². The average Bonchev–Trinajstić information content (AvgIpc) is 2.68. The highest BCUT2D eigenvalue weighted by Gasteiger charge is 2.22. The van der Waals surface area contributed by atoms with Gasteiger partial charge in [-0.05, 0) is 0 Å². The summed E-state index contributed by atoms with van der Waals surface area (Å²) in [6, 6.07) is 0. The number of nitrogens with one attached hydrogen (secondary N) is 1. The molecule has 0 saturated carbocycles. The van der Waals surface area contributed by atoms with E-state index in [4.69, 9.17) is 5.11 Å². The van der Waals surface area contributed by atoms with Crippen LogP contribution in [0.5, 0.6) is 0 Å². The standard InChI is InChI=1S/C13H21N3O3S/c1-9(17)14-5-6-16-10(13(2,3)4)7-15-12(16)20-8-11(18)19/h7H,5-6,8H2,1-4H3,(H,14,17)(H,18,19). The summed E-state index contributed by atoms with van der Waals surface area (Å²) in [6.07, 6.45) is 1.78. The van der Waals surface area contributed by atoms with Crippen LogP contribution in [-0.2, 0) is 21.5 Å². The molecule has 0 unspecified atom stereocenters. The highest BCUT2D eigenvalue weighted by molar-refractivity contribution is 7.99. The van der Waals surface area contributed by atoms with Crippen molar-refractivity contribution in [2.24, 2.45) is 0 Å². The predicted octanol–water partition coefficient (Wildman–Crippen LogP) is 1.49. The molecule has 1 heterocycles. The minimum atomic E-state index is -0.872. The van der Waals surface area contributed by atoms with Gasteiger partial charge in [-0.3, -0.25) is 9.59 Å². The lowest BCUT2D eigenvalue weighted by Gasteiger charge is -2.21. The summed E-state index contributed by atoms with van der Waals surface area (Å²) in [7, 11) is 0. The van der Waals surface area contributed by atoms with Crippen molar-refractivity contribution in [1.29, 1.82) is 0 Å². The van der Waals surface area contributed by atoms with Crippen LogP contribution in [0.3, 0.4) is 0 Å². The minimum absolute atomic E-state index is 0.0271. The van der Waals surface area contributed by atoms with Crippen molar-refractivity contribution in [2.45, 2.75) is 44.8 Å². The lowest BCUT2D eigenvalue weighted by atomic mass is 9.92. The van der Waals surface area contributed by atoms with Gasteiger partial charge in [-0.2, -0.15) is 0 Å². The smallest absolute Gasteiger partial charge is 0.313 e. The molecule has 0 spiro atoms. The first-order valence-corrected chi connectivity index (χ1v) is 7.35. The van der Waals surface area contributed by atoms with E-state index in [1.807, 2.05) is 4.57 Å². The molecule has 0 aliphatic rings. The number of amides is 1. The molecule has 0 radical (unpaired) electrons. The minimum Gasteiger partial charge on any atom is -0.481 e. The number of hydrogen-bond donors (Lipinski definition) is 2. The second-order valence-electron chi connectivity index (χ2n) is 5.49. The van der Waals surface area contributed by atoms with Crippen LogP contribution in [0.4, 0.5) is 0 Å². The maximum Gasteiger partial charge on any atom is 0.313 e. The van der Waals surface area contributed by atoms with Crippen LogP contribution in [0.1, 0.15) is 33.4 Å². The van der Waals surface area contributed by atoms with E-state index in [9.17, 15) is 9.59 Å². The molecule has 6 nitrogen and oxygen atoms in total. The summed E-state index contributed by atoms with van der Waals surface area (Å²) in [5, 5.41) is 12.2. The summed E-state index contributed by atoms with van der Waals surface area (Å²) in [4.78, 5) is 25.9. The number of carbonyl (C=O) groups is 2. The SMILES string of the molecule is CC(=O)NCCn1c(C(C)(C)C)cnc1SCC(=O)O. The lowest BCUT2D eigenvalue weighted by Crippen LogP contribution is -2.27. The molecular weight excluding hydrogens is 278 g/mol. The van der Waals surface area contributed by atoms with Gasteiger partial charge in [0.25, 0.3) is 0 Å². The van der Waals surface area contributed by atoms with E-state index in [-0.39, 0.29) is 17.1 Å². The van der Waals surface area contributed by atoms with Crippen molar-refractivity contribution in [2.75, 3.05) is 12.3 Å². The van der Waals surface area contributed by atoms with Crippen molar-refractivity contribution >= 4 is 23.6 Å². The number of imidazole rings is 1. The maximum absolute atomic E-state index is 10.9. The van der Waals surface area contributed by atoms with Gasteiger partial charge in [0, 0.05) is 37.3 Å². The highest BCUT2D eigenvalue weighted by Crippen LogP contribution is 2.27. The number of thioether (sulfide) groups is 1. The van der Waals surface area contributed by atoms with Gasteiger partial charge in [-0.1, -0.05) is 32.5 Å². The van der Waals surface area contributed by atoms with E-state index < -0.39 is 5.97 Å². The second kappa shape index (κ2) is 6.78. The molecule has 1 aromatic heterocycles. The molecule has 0 aliphatic carbocycles. The van der Waals surface area contributed by atoms with E-state index in [1.165, 1.54) is 18.7 Å². The third-order valence-corrected chi connectivity index (χ3v) is 3.60. The van der Waals surface area contributed by atoms with Crippen molar-refractivity contribution in [3.63, 3.8) is 0 Å². The van der Waals surface area contributed by atoms with E-state index in [1.54, 1.807) is 6.20 Å². The fourth-order valence-corrected chi connectivity index (χ4v) is 2.48. The van der Waals surface area contributed by atoms with Gasteiger partial charge in [0.05, 0.1) is 5.75 Å². The molecule has 0 aliphatic heterocycles. The van der Waals surface area contributed by atoms with Gasteiger partial charge in [-0.15, -0.1) is 0 Å². The molecule has 0 bridgehead atoms. The number of carboxylic acid groups (broad SMARTS) is 1. The van der Waals surface area contributed by atoms with Gasteiger partial charge >= 0.3 is 5.97 Å². The molecule has 20 heavy (non-hydrogen) atoms. The van der Waals surface area contributed by atoms with Crippen molar-refractivity contribution < 1.29 is 14.7 Å². The average molecular weight is 299 g/mol. The monoisotopic (exact) mass is 299 g/mol. The van der Waals surface area contributed by atoms with E-state index in [0.29, 0.717) is 18.2 Å². The fraction of sp³-hybridized carbons (Fsp3) is 0.615. The number of aliphatic carboxylic acids is 1. The van der Waals surface area contributed by atoms with Crippen LogP contribution in [0, 0.1) is 0 Å². The van der Waals surface area contributed by atoms with Crippen LogP contribution in [0.2, 0.25) is 0 Å². The zero-order valence-electron chi connectivity index (χ0n) is 12.3. The number of carbonyl (C=O) groups excluding carboxylic acids is 1. The molecule has 1 rings (SSSR count). The molecule has 0 atom stereocenters. The third-order valence-electron chi connectivity index (χ3n) is 2.62. The Morgan fingerprint density at radius 3 is 2.60 bits per heavy atom. The summed E-state index contributed by atoms with van der Waals surface area (Å²) in [6.45, 7) is 8.77. The maximum atomic E-state index is 10.9. The Kier molecular flexibility index (Phi) is 5.62. The second-order valence-corrected chi connectivity index (χ2v) is 6.44. The van der Waals surface area contributed by atoms with Crippen molar-refractivity contribution in [3.05, 3.63) is 11.9 Å². The molecule has 2 N–H and O–H groups in total. The predicted molar refractivity (Wildman–Crippen MR) is 78.0 cm³/mol. The van der Waals surface area contributed by atoms with Crippen molar-refractivity contribution in [1.82, 2.24) is 14.9 Å². The number of nitrogens with zero attached hydrogens (tertiary/aromatic N) is 2. The first-order valence-electron chi connectivity index (χ1n) is 6.37. The van der Waals surface area contributed by atoms with E-state index >= 15 is 0 Å². The summed E-state index contributed by atoms with van der Waals surface area (Å²) in [5.74, 6) is -0.980. The number of aromatic nitrogens is 2. The normalized spacial score (nSPS) is 11.4. The Labute approximate surface area is 123 Å². The third kappa shape index (κ3) is 4.88. The molecule has 0 fully saturated rings. The Morgan fingerprint density at radius 2 is 2.10 bits per heavy atom. The zero-order chi connectivity index (χ0) is 15.3. The molecule has 0 saturated heterocycles. The molecule has 0 aromatic carbocycles. The molecule has 1 amide bonds. The van der Waals surface area contributed by atoms with Gasteiger partial charge in [-0.25, -0.2) is 4.98 Å². The topological polar surface area (TPSA) is 84.2 Å². The molecule has 112 valence electrons. The van der Waals surface area contributed by atoms with Gasteiger partial charge in [0.1, 0.15) is 0 Å². The van der Waals surface area contributed by atoms with E-state index in [2.05, 4.69) is 31.1 Å². The zero-order valence-corrected chi connectivity index (χ0v) is 13.1. The number of carboxylic acids is 1. The summed E-state index contributed by atoms with van der Waals surface area (Å²) < 4.78 is 1.98. The summed E-state index contributed by atoms with van der Waals surface area (Å²) in [5.41, 5.74) is 0.932. The number of rotatable bonds is 6. The first kappa shape index (κ1) is 16.6.